The topological polar surface area (TPSA) is 35.2 Å². The molecule has 0 heterocycles. The van der Waals surface area contributed by atoms with Crippen LogP contribution >= 0.6 is 11.6 Å². The Morgan fingerprint density at radius 2 is 2.06 bits per heavy atom. The average Bonchev–Trinajstić information content (AvgIpc) is 2.14. The van der Waals surface area contributed by atoms with Crippen LogP contribution in [0.3, 0.4) is 0 Å². The van der Waals surface area contributed by atoms with Crippen molar-refractivity contribution in [2.45, 2.75) is 6.36 Å². The first kappa shape index (κ1) is 12.9. The minimum Gasteiger partial charge on any atom is -0.406 e. The quantitative estimate of drug-likeness (QED) is 0.895. The Kier molecular flexibility index (Phi) is 4.20. The predicted molar refractivity (Wildman–Crippen MR) is 56.2 cm³/mol. The van der Waals surface area contributed by atoms with Crippen LogP contribution in [-0.2, 0) is 0 Å². The van der Waals surface area contributed by atoms with E-state index in [0.29, 0.717) is 12.1 Å². The van der Waals surface area contributed by atoms with Crippen LogP contribution in [0.15, 0.2) is 24.3 Å². The van der Waals surface area contributed by atoms with Crippen molar-refractivity contribution < 1.29 is 17.9 Å². The van der Waals surface area contributed by atoms with E-state index in [1.165, 1.54) is 12.1 Å². The number of nitrogens with two attached hydrogens (primary N) is 1. The normalized spacial score (nSPS) is 12.1. The third-order valence-corrected chi connectivity index (χ3v) is 1.97. The summed E-state index contributed by atoms with van der Waals surface area (Å²) in [6.45, 7) is 0.330. The molecular weight excluding hydrogens is 243 g/mol. The van der Waals surface area contributed by atoms with Crippen LogP contribution in [0, 0.1) is 0 Å². The first-order valence-corrected chi connectivity index (χ1v) is 4.72. The predicted octanol–water partition coefficient (Wildman–Crippen LogP) is 3.21. The van der Waals surface area contributed by atoms with Gasteiger partial charge in [0.2, 0.25) is 0 Å². The number of alkyl halides is 3. The molecule has 0 aromatic heterocycles. The SMILES string of the molecule is NCC=Cc1ccc(OC(F)(F)F)cc1Cl. The van der Waals surface area contributed by atoms with Crippen LogP contribution in [0.25, 0.3) is 6.08 Å². The van der Waals surface area contributed by atoms with E-state index < -0.39 is 6.36 Å². The van der Waals surface area contributed by atoms with Crippen molar-refractivity contribution in [3.8, 4) is 5.75 Å². The summed E-state index contributed by atoms with van der Waals surface area (Å²) in [6.07, 6.45) is -1.44. The Hall–Kier alpha value is -1.20. The lowest BCUT2D eigenvalue weighted by Gasteiger charge is -2.09. The summed E-state index contributed by atoms with van der Waals surface area (Å²) >= 11 is 5.75. The Balaban J connectivity index is 2.87. The van der Waals surface area contributed by atoms with Gasteiger partial charge in [-0.2, -0.15) is 0 Å². The molecule has 0 bridgehead atoms. The van der Waals surface area contributed by atoms with Gasteiger partial charge < -0.3 is 10.5 Å². The van der Waals surface area contributed by atoms with Crippen molar-refractivity contribution in [2.75, 3.05) is 6.54 Å². The van der Waals surface area contributed by atoms with Gasteiger partial charge in [0.1, 0.15) is 5.75 Å². The fraction of sp³-hybridized carbons (Fsp3) is 0.200. The highest BCUT2D eigenvalue weighted by Crippen LogP contribution is 2.27. The van der Waals surface area contributed by atoms with E-state index in [4.69, 9.17) is 17.3 Å². The Labute approximate surface area is 95.5 Å². The second kappa shape index (κ2) is 5.23. The Morgan fingerprint density at radius 1 is 1.38 bits per heavy atom. The molecule has 0 saturated heterocycles. The number of benzene rings is 1. The van der Waals surface area contributed by atoms with Gasteiger partial charge in [0.05, 0.1) is 5.02 Å². The molecule has 0 aliphatic rings. The number of ether oxygens (including phenoxy) is 1. The molecular formula is C10H9ClF3NO. The van der Waals surface area contributed by atoms with E-state index in [1.54, 1.807) is 12.2 Å². The third kappa shape index (κ3) is 4.12. The van der Waals surface area contributed by atoms with Crippen molar-refractivity contribution in [2.24, 2.45) is 5.73 Å². The fourth-order valence-corrected chi connectivity index (χ4v) is 1.27. The van der Waals surface area contributed by atoms with Gasteiger partial charge in [-0.05, 0) is 23.8 Å². The number of halogens is 4. The third-order valence-electron chi connectivity index (χ3n) is 1.64. The molecule has 2 N–H and O–H groups in total. The van der Waals surface area contributed by atoms with Crippen molar-refractivity contribution in [3.05, 3.63) is 34.9 Å². The molecule has 88 valence electrons. The molecule has 0 unspecified atom stereocenters. The summed E-state index contributed by atoms with van der Waals surface area (Å²) in [4.78, 5) is 0. The lowest BCUT2D eigenvalue weighted by Crippen LogP contribution is -2.17. The van der Waals surface area contributed by atoms with Gasteiger partial charge in [-0.1, -0.05) is 23.8 Å². The van der Waals surface area contributed by atoms with Crippen molar-refractivity contribution in [1.29, 1.82) is 0 Å². The average molecular weight is 252 g/mol. The zero-order valence-corrected chi connectivity index (χ0v) is 8.85. The first-order valence-electron chi connectivity index (χ1n) is 4.34. The van der Waals surface area contributed by atoms with Crippen molar-refractivity contribution >= 4 is 17.7 Å². The van der Waals surface area contributed by atoms with Crippen molar-refractivity contribution in [1.82, 2.24) is 0 Å². The number of hydrogen-bond donors (Lipinski definition) is 1. The maximum absolute atomic E-state index is 11.9. The molecule has 0 saturated carbocycles. The summed E-state index contributed by atoms with van der Waals surface area (Å²) in [5, 5.41) is 0.173. The molecule has 0 radical (unpaired) electrons. The van der Waals surface area contributed by atoms with Crippen LogP contribution in [0.2, 0.25) is 5.02 Å². The van der Waals surface area contributed by atoms with Gasteiger partial charge in [-0.15, -0.1) is 13.2 Å². The smallest absolute Gasteiger partial charge is 0.406 e. The highest BCUT2D eigenvalue weighted by atomic mass is 35.5. The van der Waals surface area contributed by atoms with E-state index in [9.17, 15) is 13.2 Å². The highest BCUT2D eigenvalue weighted by molar-refractivity contribution is 6.32. The zero-order chi connectivity index (χ0) is 12.2. The molecule has 0 amide bonds. The Morgan fingerprint density at radius 3 is 2.56 bits per heavy atom. The van der Waals surface area contributed by atoms with Crippen molar-refractivity contribution in [3.63, 3.8) is 0 Å². The van der Waals surface area contributed by atoms with E-state index in [1.807, 2.05) is 0 Å². The minimum atomic E-state index is -4.71. The van der Waals surface area contributed by atoms with Gasteiger partial charge in [0.15, 0.2) is 0 Å². The van der Waals surface area contributed by atoms with Gasteiger partial charge in [-0.3, -0.25) is 0 Å². The van der Waals surface area contributed by atoms with Crippen LogP contribution in [0.1, 0.15) is 5.56 Å². The summed E-state index contributed by atoms with van der Waals surface area (Å²) in [6, 6.07) is 3.72. The fourth-order valence-electron chi connectivity index (χ4n) is 1.04. The maximum Gasteiger partial charge on any atom is 0.573 e. The lowest BCUT2D eigenvalue weighted by atomic mass is 10.2. The van der Waals surface area contributed by atoms with Crippen LogP contribution < -0.4 is 10.5 Å². The van der Waals surface area contributed by atoms with Crippen LogP contribution in [-0.4, -0.2) is 12.9 Å². The van der Waals surface area contributed by atoms with E-state index >= 15 is 0 Å². The summed E-state index contributed by atoms with van der Waals surface area (Å²) in [5.41, 5.74) is 5.82. The van der Waals surface area contributed by atoms with Gasteiger partial charge >= 0.3 is 6.36 Å². The first-order chi connectivity index (χ1) is 7.42. The highest BCUT2D eigenvalue weighted by Gasteiger charge is 2.31. The number of rotatable bonds is 3. The second-order valence-corrected chi connectivity index (χ2v) is 3.28. The molecule has 0 fully saturated rings. The molecule has 2 nitrogen and oxygen atoms in total. The monoisotopic (exact) mass is 251 g/mol. The molecule has 0 atom stereocenters. The van der Waals surface area contributed by atoms with E-state index in [-0.39, 0.29) is 10.8 Å². The number of hydrogen-bond acceptors (Lipinski definition) is 2. The standard InChI is InChI=1S/C10H9ClF3NO/c11-9-6-8(16-10(12,13)14)4-3-7(9)2-1-5-15/h1-4,6H,5,15H2. The molecule has 1 aromatic carbocycles. The zero-order valence-electron chi connectivity index (χ0n) is 8.09. The molecule has 1 rings (SSSR count). The second-order valence-electron chi connectivity index (χ2n) is 2.87. The van der Waals surface area contributed by atoms with Crippen LogP contribution in [0.4, 0.5) is 13.2 Å². The summed E-state index contributed by atoms with van der Waals surface area (Å²) in [7, 11) is 0. The van der Waals surface area contributed by atoms with Crippen LogP contribution in [0.5, 0.6) is 5.75 Å². The molecule has 0 aliphatic carbocycles. The Bertz CT molecular complexity index is 390. The molecule has 16 heavy (non-hydrogen) atoms. The molecule has 6 heteroatoms. The summed E-state index contributed by atoms with van der Waals surface area (Å²) in [5.74, 6) is -0.345. The molecule has 0 spiro atoms. The summed E-state index contributed by atoms with van der Waals surface area (Å²) < 4.78 is 39.4. The molecule has 0 aliphatic heterocycles. The van der Waals surface area contributed by atoms with Gasteiger partial charge in [0.25, 0.3) is 0 Å². The largest absolute Gasteiger partial charge is 0.573 e. The maximum atomic E-state index is 11.9. The lowest BCUT2D eigenvalue weighted by molar-refractivity contribution is -0.274. The van der Waals surface area contributed by atoms with Gasteiger partial charge in [-0.25, -0.2) is 0 Å². The molecule has 1 aromatic rings. The van der Waals surface area contributed by atoms with E-state index in [0.717, 1.165) is 6.07 Å². The van der Waals surface area contributed by atoms with Gasteiger partial charge in [0, 0.05) is 6.54 Å². The van der Waals surface area contributed by atoms with E-state index in [2.05, 4.69) is 4.74 Å². The minimum absolute atomic E-state index is 0.173.